The maximum Gasteiger partial charge on any atom is 0.471 e. The highest BCUT2D eigenvalue weighted by Gasteiger charge is 2.41. The molecule has 1 atom stereocenters. The van der Waals surface area contributed by atoms with E-state index in [1.54, 1.807) is 30.3 Å². The van der Waals surface area contributed by atoms with Crippen LogP contribution in [-0.2, 0) is 25.7 Å². The van der Waals surface area contributed by atoms with Crippen LogP contribution >= 0.6 is 0 Å². The molecule has 0 heterocycles. The molecule has 0 unspecified atom stereocenters. The van der Waals surface area contributed by atoms with Crippen LogP contribution in [0.4, 0.5) is 13.2 Å². The van der Waals surface area contributed by atoms with Crippen molar-refractivity contribution in [3.8, 4) is 0 Å². The lowest BCUT2D eigenvalue weighted by molar-refractivity contribution is -0.176. The number of nitrogens with one attached hydrogen (secondary N) is 1. The van der Waals surface area contributed by atoms with Gasteiger partial charge in [0, 0.05) is 0 Å². The van der Waals surface area contributed by atoms with Gasteiger partial charge >= 0.3 is 24.0 Å². The fraction of sp³-hybridized carbons (Fsp3) is 0.308. The molecule has 2 N–H and O–H groups in total. The minimum Gasteiger partial charge on any atom is -0.480 e. The predicted octanol–water partition coefficient (Wildman–Crippen LogP) is 1.25. The summed E-state index contributed by atoms with van der Waals surface area (Å²) in [6.45, 7) is -0.154. The molecule has 22 heavy (non-hydrogen) atoms. The fourth-order valence-electron chi connectivity index (χ4n) is 1.40. The van der Waals surface area contributed by atoms with E-state index in [9.17, 15) is 27.6 Å². The molecule has 0 spiro atoms. The second-order valence-corrected chi connectivity index (χ2v) is 4.21. The molecular formula is C13H12F3NO5. The number of amides is 1. The van der Waals surface area contributed by atoms with Crippen LogP contribution in [0.1, 0.15) is 12.0 Å². The fourth-order valence-corrected chi connectivity index (χ4v) is 1.40. The first-order chi connectivity index (χ1) is 10.2. The Morgan fingerprint density at radius 1 is 1.18 bits per heavy atom. The smallest absolute Gasteiger partial charge is 0.471 e. The standard InChI is InChI=1S/C13H12F3NO5/c14-13(15,16)12(21)17-9(11(19)20)6-10(18)22-7-8-4-2-1-3-5-8/h1-5,9H,6-7H2,(H,17,21)(H,19,20)/t9-/m0/s1. The molecule has 1 rings (SSSR count). The molecule has 0 saturated heterocycles. The molecule has 0 aliphatic heterocycles. The molecule has 0 aromatic heterocycles. The highest BCUT2D eigenvalue weighted by molar-refractivity contribution is 5.89. The van der Waals surface area contributed by atoms with Crippen molar-refractivity contribution < 1.29 is 37.4 Å². The van der Waals surface area contributed by atoms with Crippen LogP contribution in [0.3, 0.4) is 0 Å². The summed E-state index contributed by atoms with van der Waals surface area (Å²) in [5.41, 5.74) is 0.627. The zero-order valence-corrected chi connectivity index (χ0v) is 11.1. The number of esters is 1. The zero-order valence-electron chi connectivity index (χ0n) is 11.1. The van der Waals surface area contributed by atoms with Crippen molar-refractivity contribution in [1.82, 2.24) is 5.32 Å². The molecule has 1 aromatic rings. The lowest BCUT2D eigenvalue weighted by Crippen LogP contribution is -2.47. The second kappa shape index (κ2) is 7.43. The third-order valence-electron chi connectivity index (χ3n) is 2.47. The van der Waals surface area contributed by atoms with Gasteiger partial charge in [-0.2, -0.15) is 13.2 Å². The van der Waals surface area contributed by atoms with Crippen molar-refractivity contribution in [1.29, 1.82) is 0 Å². The number of hydrogen-bond acceptors (Lipinski definition) is 4. The number of benzene rings is 1. The van der Waals surface area contributed by atoms with Crippen molar-refractivity contribution in [3.63, 3.8) is 0 Å². The van der Waals surface area contributed by atoms with E-state index in [1.807, 2.05) is 0 Å². The maximum absolute atomic E-state index is 12.1. The number of carbonyl (C=O) groups excluding carboxylic acids is 2. The van der Waals surface area contributed by atoms with E-state index in [4.69, 9.17) is 9.84 Å². The first kappa shape index (κ1) is 17.5. The number of halogens is 3. The van der Waals surface area contributed by atoms with Gasteiger partial charge in [0.15, 0.2) is 0 Å². The van der Waals surface area contributed by atoms with Crippen molar-refractivity contribution in [2.75, 3.05) is 0 Å². The monoisotopic (exact) mass is 319 g/mol. The third kappa shape index (κ3) is 5.81. The highest BCUT2D eigenvalue weighted by atomic mass is 19.4. The molecular weight excluding hydrogens is 307 g/mol. The molecule has 1 aromatic carbocycles. The largest absolute Gasteiger partial charge is 0.480 e. The minimum atomic E-state index is -5.23. The number of carbonyl (C=O) groups is 3. The van der Waals surface area contributed by atoms with E-state index >= 15 is 0 Å². The highest BCUT2D eigenvalue weighted by Crippen LogP contribution is 2.15. The maximum atomic E-state index is 12.1. The molecule has 0 aliphatic rings. The Bertz CT molecular complexity index is 544. The van der Waals surface area contributed by atoms with Crippen LogP contribution in [-0.4, -0.2) is 35.2 Å². The summed E-state index contributed by atoms with van der Waals surface area (Å²) >= 11 is 0. The van der Waals surface area contributed by atoms with E-state index in [0.29, 0.717) is 5.56 Å². The van der Waals surface area contributed by atoms with Gasteiger partial charge in [-0.05, 0) is 5.56 Å². The minimum absolute atomic E-state index is 0.154. The Morgan fingerprint density at radius 2 is 1.77 bits per heavy atom. The van der Waals surface area contributed by atoms with Crippen LogP contribution in [0.2, 0.25) is 0 Å². The van der Waals surface area contributed by atoms with Gasteiger partial charge in [0.05, 0.1) is 6.42 Å². The summed E-state index contributed by atoms with van der Waals surface area (Å²) in [6, 6.07) is 6.39. The Kier molecular flexibility index (Phi) is 5.90. The number of alkyl halides is 3. The molecule has 0 aliphatic carbocycles. The van der Waals surface area contributed by atoms with Crippen LogP contribution in [0.15, 0.2) is 30.3 Å². The molecule has 120 valence electrons. The van der Waals surface area contributed by atoms with Crippen molar-refractivity contribution in [3.05, 3.63) is 35.9 Å². The van der Waals surface area contributed by atoms with E-state index in [2.05, 4.69) is 0 Å². The zero-order chi connectivity index (χ0) is 16.8. The van der Waals surface area contributed by atoms with Crippen molar-refractivity contribution >= 4 is 17.8 Å². The van der Waals surface area contributed by atoms with Gasteiger partial charge in [-0.25, -0.2) is 4.79 Å². The number of ether oxygens (including phenoxy) is 1. The van der Waals surface area contributed by atoms with Crippen LogP contribution in [0.5, 0.6) is 0 Å². The molecule has 0 bridgehead atoms. The number of hydrogen-bond donors (Lipinski definition) is 2. The van der Waals surface area contributed by atoms with Crippen molar-refractivity contribution in [2.45, 2.75) is 25.2 Å². The van der Waals surface area contributed by atoms with Crippen LogP contribution < -0.4 is 5.32 Å². The average molecular weight is 319 g/mol. The van der Waals surface area contributed by atoms with E-state index in [0.717, 1.165) is 0 Å². The lowest BCUT2D eigenvalue weighted by atomic mass is 10.2. The number of carboxylic acids is 1. The number of carboxylic acid groups (broad SMARTS) is 1. The van der Waals surface area contributed by atoms with E-state index in [1.165, 1.54) is 5.32 Å². The Morgan fingerprint density at radius 3 is 2.27 bits per heavy atom. The molecule has 0 radical (unpaired) electrons. The normalized spacial score (nSPS) is 12.3. The van der Waals surface area contributed by atoms with Gasteiger partial charge < -0.3 is 15.2 Å². The average Bonchev–Trinajstić information content (AvgIpc) is 2.44. The van der Waals surface area contributed by atoms with E-state index < -0.39 is 36.5 Å². The molecule has 9 heteroatoms. The van der Waals surface area contributed by atoms with Gasteiger partial charge in [-0.3, -0.25) is 9.59 Å². The van der Waals surface area contributed by atoms with Gasteiger partial charge in [-0.1, -0.05) is 30.3 Å². The molecule has 0 fully saturated rings. The lowest BCUT2D eigenvalue weighted by Gasteiger charge is -2.15. The Hall–Kier alpha value is -2.58. The summed E-state index contributed by atoms with van der Waals surface area (Å²) < 4.78 is 40.9. The summed E-state index contributed by atoms with van der Waals surface area (Å²) in [7, 11) is 0. The number of aliphatic carboxylic acids is 1. The van der Waals surface area contributed by atoms with E-state index in [-0.39, 0.29) is 6.61 Å². The van der Waals surface area contributed by atoms with Gasteiger partial charge in [-0.15, -0.1) is 0 Å². The second-order valence-electron chi connectivity index (χ2n) is 4.21. The van der Waals surface area contributed by atoms with Gasteiger partial charge in [0.2, 0.25) is 0 Å². The third-order valence-corrected chi connectivity index (χ3v) is 2.47. The summed E-state index contributed by atoms with van der Waals surface area (Å²) in [4.78, 5) is 32.9. The van der Waals surface area contributed by atoms with Crippen LogP contribution in [0, 0.1) is 0 Å². The van der Waals surface area contributed by atoms with Gasteiger partial charge in [0.25, 0.3) is 0 Å². The molecule has 0 saturated carbocycles. The SMILES string of the molecule is O=C(C[C@H](NC(=O)C(F)(F)F)C(=O)O)OCc1ccccc1. The first-order valence-electron chi connectivity index (χ1n) is 6.00. The number of rotatable bonds is 6. The Labute approximate surface area is 122 Å². The molecule has 1 amide bonds. The van der Waals surface area contributed by atoms with Crippen molar-refractivity contribution in [2.24, 2.45) is 0 Å². The van der Waals surface area contributed by atoms with Gasteiger partial charge in [0.1, 0.15) is 12.6 Å². The van der Waals surface area contributed by atoms with Crippen LogP contribution in [0.25, 0.3) is 0 Å². The summed E-state index contributed by atoms with van der Waals surface area (Å²) in [5, 5.41) is 9.95. The first-order valence-corrected chi connectivity index (χ1v) is 6.00. The topological polar surface area (TPSA) is 92.7 Å². The summed E-state index contributed by atoms with van der Waals surface area (Å²) in [6.07, 6.45) is -6.15. The predicted molar refractivity (Wildman–Crippen MR) is 66.5 cm³/mol. The quantitative estimate of drug-likeness (QED) is 0.770. The summed E-state index contributed by atoms with van der Waals surface area (Å²) in [5.74, 6) is -5.25. The molecule has 6 nitrogen and oxygen atoms in total. The Balaban J connectivity index is 2.54.